The number of anilines is 3. The fourth-order valence-corrected chi connectivity index (χ4v) is 3.48. The number of hydrogen-bond donors (Lipinski definition) is 3. The molecule has 0 radical (unpaired) electrons. The van der Waals surface area contributed by atoms with Gasteiger partial charge in [0.25, 0.3) is 0 Å². The van der Waals surface area contributed by atoms with Crippen LogP contribution in [-0.2, 0) is 9.59 Å². The Kier molecular flexibility index (Phi) is 12.5. The fourth-order valence-electron chi connectivity index (χ4n) is 2.90. The molecular weight excluding hydrogens is 490 g/mol. The van der Waals surface area contributed by atoms with E-state index in [1.165, 1.54) is 22.3 Å². The number of carbonyl (C=O) groups excluding carboxylic acids is 2. The number of hydrogen-bond acceptors (Lipinski definition) is 10. The Hall–Kier alpha value is -3.56. The topological polar surface area (TPSA) is 128 Å². The van der Waals surface area contributed by atoms with Gasteiger partial charge in [0.1, 0.15) is 16.9 Å². The van der Waals surface area contributed by atoms with Crippen molar-refractivity contribution in [3.05, 3.63) is 28.9 Å². The Morgan fingerprint density at radius 1 is 1.22 bits per heavy atom. The molecule has 2 aromatic rings. The lowest BCUT2D eigenvalue weighted by molar-refractivity contribution is -0.135. The van der Waals surface area contributed by atoms with Gasteiger partial charge >= 0.3 is 0 Å². The summed E-state index contributed by atoms with van der Waals surface area (Å²) >= 11 is 1.43. The zero-order valence-corrected chi connectivity index (χ0v) is 23.3. The maximum atomic E-state index is 12.4. The van der Waals surface area contributed by atoms with Gasteiger partial charge in [0.05, 0.1) is 11.8 Å². The van der Waals surface area contributed by atoms with Gasteiger partial charge in [-0.05, 0) is 40.8 Å². The van der Waals surface area contributed by atoms with Crippen LogP contribution in [0.3, 0.4) is 0 Å². The number of nitrogens with one attached hydrogen (secondary N) is 3. The molecule has 37 heavy (non-hydrogen) atoms. The molecule has 3 N–H and O–H groups in total. The number of rotatable bonds is 13. The Labute approximate surface area is 223 Å². The Bertz CT molecular complexity index is 1120. The molecule has 1 atom stereocenters. The van der Waals surface area contributed by atoms with Crippen LogP contribution in [-0.4, -0.2) is 88.6 Å². The van der Waals surface area contributed by atoms with E-state index in [9.17, 15) is 9.59 Å². The highest BCUT2D eigenvalue weighted by atomic mass is 32.1. The van der Waals surface area contributed by atoms with Gasteiger partial charge in [0, 0.05) is 39.2 Å². The Morgan fingerprint density at radius 3 is 2.68 bits per heavy atom. The minimum absolute atomic E-state index is 0.196. The third kappa shape index (κ3) is 10.5. The first kappa shape index (κ1) is 29.7. The van der Waals surface area contributed by atoms with E-state index in [1.54, 1.807) is 26.2 Å². The average molecular weight is 528 g/mol. The summed E-state index contributed by atoms with van der Waals surface area (Å²) in [6.45, 7) is 7.56. The van der Waals surface area contributed by atoms with Crippen molar-refractivity contribution in [1.82, 2.24) is 35.3 Å². The van der Waals surface area contributed by atoms with E-state index < -0.39 is 6.04 Å². The molecule has 0 aromatic carbocycles. The molecule has 11 nitrogen and oxygen atoms in total. The molecule has 0 saturated heterocycles. The molecule has 2 heterocycles. The van der Waals surface area contributed by atoms with E-state index in [2.05, 4.69) is 54.9 Å². The monoisotopic (exact) mass is 527 g/mol. The van der Waals surface area contributed by atoms with Crippen molar-refractivity contribution in [1.29, 1.82) is 0 Å². The summed E-state index contributed by atoms with van der Waals surface area (Å²) in [6, 6.07) is -0.567. The second-order valence-corrected chi connectivity index (χ2v) is 9.80. The summed E-state index contributed by atoms with van der Waals surface area (Å²) in [6.07, 6.45) is 7.17. The molecule has 0 spiro atoms. The summed E-state index contributed by atoms with van der Waals surface area (Å²) in [5.74, 6) is 6.93. The van der Waals surface area contributed by atoms with Crippen LogP contribution in [0.5, 0.6) is 0 Å². The summed E-state index contributed by atoms with van der Waals surface area (Å²) in [7, 11) is 5.47. The number of amides is 2. The first-order chi connectivity index (χ1) is 17.7. The molecule has 0 aliphatic carbocycles. The van der Waals surface area contributed by atoms with Crippen molar-refractivity contribution < 1.29 is 9.59 Å². The van der Waals surface area contributed by atoms with Crippen LogP contribution < -0.4 is 16.0 Å². The first-order valence-electron chi connectivity index (χ1n) is 12.2. The third-order valence-electron chi connectivity index (χ3n) is 5.12. The van der Waals surface area contributed by atoms with Crippen molar-refractivity contribution in [2.75, 3.05) is 51.4 Å². The van der Waals surface area contributed by atoms with Crippen LogP contribution in [0.1, 0.15) is 43.7 Å². The second-order valence-electron chi connectivity index (χ2n) is 8.62. The summed E-state index contributed by atoms with van der Waals surface area (Å²) in [4.78, 5) is 36.9. The normalized spacial score (nSPS) is 11.6. The summed E-state index contributed by atoms with van der Waals surface area (Å²) in [5, 5.41) is 18.7. The molecule has 0 saturated carbocycles. The molecule has 200 valence electrons. The van der Waals surface area contributed by atoms with Gasteiger partial charge < -0.3 is 20.4 Å². The number of unbranched alkanes of at least 4 members (excludes halogenated alkanes) is 1. The lowest BCUT2D eigenvalue weighted by atomic mass is 10.2. The molecule has 0 aliphatic heterocycles. The number of carbonyl (C=O) groups is 2. The summed E-state index contributed by atoms with van der Waals surface area (Å²) in [5.41, 5.74) is 0.701. The number of aryl methyl sites for hydroxylation is 1. The van der Waals surface area contributed by atoms with Gasteiger partial charge in [-0.2, -0.15) is 4.98 Å². The smallest absolute Gasteiger partial charge is 0.246 e. The second kappa shape index (κ2) is 15.5. The Balaban J connectivity index is 1.85. The maximum Gasteiger partial charge on any atom is 0.246 e. The molecule has 0 fully saturated rings. The number of likely N-dealkylation sites (N-methyl/N-ethyl adjacent to an activating group) is 2. The quantitative estimate of drug-likeness (QED) is 0.204. The van der Waals surface area contributed by atoms with Crippen LogP contribution in [0, 0.1) is 18.8 Å². The number of aromatic nitrogens is 4. The van der Waals surface area contributed by atoms with Crippen LogP contribution in [0.15, 0.2) is 18.3 Å². The van der Waals surface area contributed by atoms with E-state index in [-0.39, 0.29) is 11.8 Å². The van der Waals surface area contributed by atoms with Gasteiger partial charge in [-0.3, -0.25) is 14.9 Å². The highest BCUT2D eigenvalue weighted by Crippen LogP contribution is 2.20. The fraction of sp³-hybridized carbons (Fsp3) is 0.520. The molecule has 0 unspecified atom stereocenters. The van der Waals surface area contributed by atoms with Gasteiger partial charge in [-0.15, -0.1) is 10.2 Å². The zero-order chi connectivity index (χ0) is 27.2. The minimum Gasteiger partial charge on any atom is -0.369 e. The molecule has 2 rings (SSSR count). The van der Waals surface area contributed by atoms with E-state index in [1.807, 2.05) is 25.9 Å². The maximum absolute atomic E-state index is 12.4. The predicted molar refractivity (Wildman–Crippen MR) is 148 cm³/mol. The van der Waals surface area contributed by atoms with Crippen LogP contribution >= 0.6 is 11.3 Å². The van der Waals surface area contributed by atoms with E-state index in [4.69, 9.17) is 0 Å². The SMILES string of the molecule is CCCNc1nc(Nc2nnc(C)s2)ncc1C#CCCCNC(=O)[C@H](C)N(C)C(=O)/C=C/CN(C)C. The van der Waals surface area contributed by atoms with E-state index >= 15 is 0 Å². The van der Waals surface area contributed by atoms with E-state index in [0.29, 0.717) is 48.4 Å². The largest absolute Gasteiger partial charge is 0.369 e. The van der Waals surface area contributed by atoms with Crippen LogP contribution in [0.25, 0.3) is 0 Å². The molecular formula is C25H37N9O2S. The zero-order valence-electron chi connectivity index (χ0n) is 22.5. The molecule has 2 aromatic heterocycles. The van der Waals surface area contributed by atoms with Gasteiger partial charge in [0.15, 0.2) is 0 Å². The molecule has 0 bridgehead atoms. The number of nitrogens with zero attached hydrogens (tertiary/aromatic N) is 6. The lowest BCUT2D eigenvalue weighted by Gasteiger charge is -2.23. The third-order valence-corrected chi connectivity index (χ3v) is 5.87. The highest BCUT2D eigenvalue weighted by molar-refractivity contribution is 7.15. The van der Waals surface area contributed by atoms with E-state index in [0.717, 1.165) is 18.0 Å². The van der Waals surface area contributed by atoms with Crippen molar-refractivity contribution in [2.24, 2.45) is 0 Å². The van der Waals surface area contributed by atoms with Crippen LogP contribution in [0.2, 0.25) is 0 Å². The van der Waals surface area contributed by atoms with Crippen molar-refractivity contribution >= 4 is 40.0 Å². The van der Waals surface area contributed by atoms with Gasteiger partial charge in [0.2, 0.25) is 22.9 Å². The standard InChI is InChI=1S/C25H37N9O2S/c1-7-14-26-22-20(17-28-24(29-22)30-25-32-31-19(3)37-25)12-9-8-10-15-27-23(36)18(2)34(6)21(35)13-11-16-33(4)5/h11,13,17-18H,7-8,10,14-16H2,1-6H3,(H,27,36)(H2,26,28,29,30,32)/b13-11+/t18-/m0/s1. The van der Waals surface area contributed by atoms with Gasteiger partial charge in [-0.25, -0.2) is 4.98 Å². The van der Waals surface area contributed by atoms with Crippen molar-refractivity contribution in [3.63, 3.8) is 0 Å². The first-order valence-corrected chi connectivity index (χ1v) is 13.1. The van der Waals surface area contributed by atoms with Crippen molar-refractivity contribution in [3.8, 4) is 11.8 Å². The molecule has 0 aliphatic rings. The predicted octanol–water partition coefficient (Wildman–Crippen LogP) is 2.41. The summed E-state index contributed by atoms with van der Waals surface area (Å²) < 4.78 is 0. The van der Waals surface area contributed by atoms with Crippen LogP contribution in [0.4, 0.5) is 16.9 Å². The lowest BCUT2D eigenvalue weighted by Crippen LogP contribution is -2.45. The Morgan fingerprint density at radius 2 is 2.00 bits per heavy atom. The average Bonchev–Trinajstić information content (AvgIpc) is 3.28. The van der Waals surface area contributed by atoms with Gasteiger partial charge in [-0.1, -0.05) is 36.2 Å². The molecule has 2 amide bonds. The van der Waals surface area contributed by atoms with Crippen molar-refractivity contribution in [2.45, 2.75) is 46.1 Å². The molecule has 12 heteroatoms. The highest BCUT2D eigenvalue weighted by Gasteiger charge is 2.20. The minimum atomic E-state index is -0.567.